The van der Waals surface area contributed by atoms with E-state index in [0.717, 1.165) is 54.0 Å². The zero-order valence-corrected chi connectivity index (χ0v) is 20.4. The minimum atomic E-state index is -0.923. The van der Waals surface area contributed by atoms with Crippen LogP contribution in [0.25, 0.3) is 11.5 Å². The molecule has 3 aromatic rings. The quantitative estimate of drug-likeness (QED) is 0.390. The number of ether oxygens (including phenoxy) is 2. The number of rotatable bonds is 10. The first kappa shape index (κ1) is 24.3. The van der Waals surface area contributed by atoms with E-state index in [4.69, 9.17) is 25.5 Å². The number of oxazole rings is 1. The average molecular weight is 484 g/mol. The Morgan fingerprint density at radius 3 is 2.59 bits per heavy atom. The van der Waals surface area contributed by atoms with E-state index in [1.54, 1.807) is 0 Å². The molecule has 6 nitrogen and oxygen atoms in total. The second kappa shape index (κ2) is 11.1. The van der Waals surface area contributed by atoms with Crippen molar-refractivity contribution in [3.05, 3.63) is 69.6 Å². The Kier molecular flexibility index (Phi) is 7.91. The van der Waals surface area contributed by atoms with Gasteiger partial charge in [0.15, 0.2) is 6.10 Å². The third-order valence-electron chi connectivity index (χ3n) is 6.22. The number of aromatic nitrogens is 1. The Balaban J connectivity index is 1.45. The lowest BCUT2D eigenvalue weighted by Gasteiger charge is -2.24. The molecule has 2 aromatic carbocycles. The predicted octanol–water partition coefficient (Wildman–Crippen LogP) is 5.84. The monoisotopic (exact) mass is 483 g/mol. The molecule has 4 rings (SSSR count). The molecule has 7 heteroatoms. The van der Waals surface area contributed by atoms with Crippen molar-refractivity contribution in [3.63, 3.8) is 0 Å². The topological polar surface area (TPSA) is 81.8 Å². The fourth-order valence-electron chi connectivity index (χ4n) is 4.49. The van der Waals surface area contributed by atoms with Crippen LogP contribution in [0.1, 0.15) is 47.9 Å². The molecule has 0 fully saturated rings. The summed E-state index contributed by atoms with van der Waals surface area (Å²) in [5.74, 6) is 1.31. The fraction of sp³-hybridized carbons (Fsp3) is 0.407. The van der Waals surface area contributed by atoms with Crippen molar-refractivity contribution < 1.29 is 23.8 Å². The summed E-state index contributed by atoms with van der Waals surface area (Å²) in [4.78, 5) is 16.2. The van der Waals surface area contributed by atoms with E-state index in [9.17, 15) is 9.90 Å². The summed E-state index contributed by atoms with van der Waals surface area (Å²) < 4.78 is 17.5. The van der Waals surface area contributed by atoms with E-state index in [0.29, 0.717) is 37.0 Å². The molecule has 1 aliphatic carbocycles. The highest BCUT2D eigenvalue weighted by molar-refractivity contribution is 6.30. The Labute approximate surface area is 204 Å². The smallest absolute Gasteiger partial charge is 0.333 e. The lowest BCUT2D eigenvalue weighted by molar-refractivity contribution is -0.149. The number of aliphatic carboxylic acids is 1. The van der Waals surface area contributed by atoms with Crippen LogP contribution < -0.4 is 4.74 Å². The Morgan fingerprint density at radius 2 is 1.88 bits per heavy atom. The van der Waals surface area contributed by atoms with Crippen molar-refractivity contribution in [3.8, 4) is 17.2 Å². The van der Waals surface area contributed by atoms with E-state index in [2.05, 4.69) is 4.98 Å². The van der Waals surface area contributed by atoms with Gasteiger partial charge in [-0.05, 0) is 86.6 Å². The summed E-state index contributed by atoms with van der Waals surface area (Å²) in [6, 6.07) is 11.4. The molecule has 1 aliphatic rings. The van der Waals surface area contributed by atoms with Gasteiger partial charge in [0.25, 0.3) is 0 Å². The lowest BCUT2D eigenvalue weighted by atomic mass is 9.86. The van der Waals surface area contributed by atoms with Crippen molar-refractivity contribution >= 4 is 17.6 Å². The number of nitrogens with zero attached hydrogens (tertiary/aromatic N) is 1. The highest BCUT2D eigenvalue weighted by atomic mass is 35.5. The first-order valence-corrected chi connectivity index (χ1v) is 12.2. The predicted molar refractivity (Wildman–Crippen MR) is 131 cm³/mol. The first-order chi connectivity index (χ1) is 16.5. The fourth-order valence-corrected chi connectivity index (χ4v) is 4.61. The number of carbonyl (C=O) groups is 1. The van der Waals surface area contributed by atoms with E-state index < -0.39 is 12.1 Å². The van der Waals surface area contributed by atoms with E-state index in [-0.39, 0.29) is 0 Å². The number of benzene rings is 2. The molecule has 0 spiro atoms. The standard InChI is InChI=1S/C27H30ClNO5/c1-3-32-25(27(30)31)16-19-10-13-24(22-7-5-4-6-21(19)22)33-15-14-23-17(2)34-26(29-23)18-8-11-20(28)12-9-18/h8-13,25H,3-7,14-16H2,1-2H3,(H,30,31). The summed E-state index contributed by atoms with van der Waals surface area (Å²) in [6.07, 6.45) is 4.26. The molecular weight excluding hydrogens is 454 g/mol. The number of halogens is 1. The van der Waals surface area contributed by atoms with Crippen LogP contribution in [-0.4, -0.2) is 35.4 Å². The Morgan fingerprint density at radius 1 is 1.15 bits per heavy atom. The van der Waals surface area contributed by atoms with Crippen LogP contribution in [-0.2, 0) is 35.2 Å². The third kappa shape index (κ3) is 5.62. The number of hydrogen-bond acceptors (Lipinski definition) is 5. The van der Waals surface area contributed by atoms with Crippen LogP contribution >= 0.6 is 11.6 Å². The summed E-state index contributed by atoms with van der Waals surface area (Å²) >= 11 is 5.98. The summed E-state index contributed by atoms with van der Waals surface area (Å²) in [5.41, 5.74) is 5.22. The van der Waals surface area contributed by atoms with Crippen LogP contribution in [0, 0.1) is 6.92 Å². The maximum absolute atomic E-state index is 11.6. The SMILES string of the molecule is CCOC(Cc1ccc(OCCc2nc(-c3ccc(Cl)cc3)oc2C)c2c1CCCC2)C(=O)O. The van der Waals surface area contributed by atoms with Crippen LogP contribution in [0.4, 0.5) is 0 Å². The lowest BCUT2D eigenvalue weighted by Crippen LogP contribution is -2.27. The minimum absolute atomic E-state index is 0.372. The van der Waals surface area contributed by atoms with Crippen LogP contribution in [0.3, 0.4) is 0 Å². The van der Waals surface area contributed by atoms with Gasteiger partial charge in [0, 0.05) is 30.0 Å². The second-order valence-corrected chi connectivity index (χ2v) is 8.94. The van der Waals surface area contributed by atoms with Crippen molar-refractivity contribution in [2.75, 3.05) is 13.2 Å². The molecule has 0 bridgehead atoms. The zero-order valence-electron chi connectivity index (χ0n) is 19.6. The molecule has 0 saturated carbocycles. The summed E-state index contributed by atoms with van der Waals surface area (Å²) in [7, 11) is 0. The van der Waals surface area contributed by atoms with Crippen molar-refractivity contribution in [2.45, 2.75) is 58.5 Å². The zero-order chi connectivity index (χ0) is 24.1. The first-order valence-electron chi connectivity index (χ1n) is 11.8. The van der Waals surface area contributed by atoms with Gasteiger partial charge in [0.2, 0.25) is 5.89 Å². The molecule has 180 valence electrons. The maximum Gasteiger partial charge on any atom is 0.333 e. The molecular formula is C27H30ClNO5. The van der Waals surface area contributed by atoms with Gasteiger partial charge in [0.05, 0.1) is 12.3 Å². The van der Waals surface area contributed by atoms with Crippen LogP contribution in [0.2, 0.25) is 5.02 Å². The number of carboxylic acid groups (broad SMARTS) is 1. The Bertz CT molecular complexity index is 1140. The van der Waals surface area contributed by atoms with Gasteiger partial charge in [-0.25, -0.2) is 9.78 Å². The van der Waals surface area contributed by atoms with E-state index in [1.807, 2.05) is 50.2 Å². The molecule has 1 unspecified atom stereocenters. The van der Waals surface area contributed by atoms with Crippen molar-refractivity contribution in [2.24, 2.45) is 0 Å². The van der Waals surface area contributed by atoms with Gasteiger partial charge >= 0.3 is 5.97 Å². The van der Waals surface area contributed by atoms with Gasteiger partial charge in [-0.2, -0.15) is 0 Å². The molecule has 1 aromatic heterocycles. The normalized spacial score (nSPS) is 14.0. The van der Waals surface area contributed by atoms with Crippen molar-refractivity contribution in [1.82, 2.24) is 4.98 Å². The van der Waals surface area contributed by atoms with Gasteiger partial charge < -0.3 is 19.0 Å². The highest BCUT2D eigenvalue weighted by Crippen LogP contribution is 2.33. The number of fused-ring (bicyclic) bond motifs is 1. The molecule has 1 atom stereocenters. The van der Waals surface area contributed by atoms with Gasteiger partial charge in [-0.15, -0.1) is 0 Å². The third-order valence-corrected chi connectivity index (χ3v) is 6.47. The highest BCUT2D eigenvalue weighted by Gasteiger charge is 2.24. The van der Waals surface area contributed by atoms with Crippen LogP contribution in [0.15, 0.2) is 40.8 Å². The molecule has 34 heavy (non-hydrogen) atoms. The second-order valence-electron chi connectivity index (χ2n) is 8.50. The molecule has 0 radical (unpaired) electrons. The van der Waals surface area contributed by atoms with Gasteiger partial charge in [0.1, 0.15) is 11.5 Å². The molecule has 0 amide bonds. The van der Waals surface area contributed by atoms with E-state index >= 15 is 0 Å². The molecule has 1 heterocycles. The molecule has 0 saturated heterocycles. The number of hydrogen-bond donors (Lipinski definition) is 1. The molecule has 1 N–H and O–H groups in total. The Hall–Kier alpha value is -2.83. The average Bonchev–Trinajstić information content (AvgIpc) is 3.20. The number of aryl methyl sites for hydroxylation is 1. The van der Waals surface area contributed by atoms with E-state index in [1.165, 1.54) is 11.1 Å². The maximum atomic E-state index is 11.6. The summed E-state index contributed by atoms with van der Waals surface area (Å²) in [5, 5.41) is 10.2. The summed E-state index contributed by atoms with van der Waals surface area (Å²) in [6.45, 7) is 4.59. The van der Waals surface area contributed by atoms with Crippen LogP contribution in [0.5, 0.6) is 5.75 Å². The largest absolute Gasteiger partial charge is 0.493 e. The van der Waals surface area contributed by atoms with Crippen molar-refractivity contribution in [1.29, 1.82) is 0 Å². The van der Waals surface area contributed by atoms with Gasteiger partial charge in [-0.1, -0.05) is 17.7 Å². The molecule has 0 aliphatic heterocycles. The van der Waals surface area contributed by atoms with Gasteiger partial charge in [-0.3, -0.25) is 0 Å². The minimum Gasteiger partial charge on any atom is -0.493 e. The number of carboxylic acids is 1.